The van der Waals surface area contributed by atoms with Crippen LogP contribution in [-0.2, 0) is 22.8 Å². The Morgan fingerprint density at radius 3 is 2.12 bits per heavy atom. The smallest absolute Gasteiger partial charge is 0.455 e. The number of esters is 1. The van der Waals surface area contributed by atoms with Gasteiger partial charge in [-0.1, -0.05) is 19.9 Å². The SMILES string of the molecule is C=CC(=O)OC(CCC)[Si](OC)(OC)OC. The molecule has 0 saturated carbocycles. The maximum Gasteiger partial charge on any atom is 0.543 e. The summed E-state index contributed by atoms with van der Waals surface area (Å²) in [7, 11) is 1.53. The Balaban J connectivity index is 4.82. The molecule has 1 unspecified atom stereocenters. The van der Waals surface area contributed by atoms with Crippen molar-refractivity contribution in [1.82, 2.24) is 0 Å². The van der Waals surface area contributed by atoms with Crippen LogP contribution < -0.4 is 0 Å². The van der Waals surface area contributed by atoms with E-state index in [2.05, 4.69) is 6.58 Å². The van der Waals surface area contributed by atoms with Crippen molar-refractivity contribution in [3.63, 3.8) is 0 Å². The first-order valence-corrected chi connectivity index (χ1v) is 6.88. The van der Waals surface area contributed by atoms with Crippen molar-refractivity contribution >= 4 is 14.8 Å². The monoisotopic (exact) mass is 248 g/mol. The van der Waals surface area contributed by atoms with Crippen molar-refractivity contribution in [2.24, 2.45) is 0 Å². The molecular formula is C10H20O5Si. The zero-order valence-electron chi connectivity index (χ0n) is 10.3. The molecule has 6 heteroatoms. The van der Waals surface area contributed by atoms with E-state index in [-0.39, 0.29) is 0 Å². The second-order valence-electron chi connectivity index (χ2n) is 3.13. The van der Waals surface area contributed by atoms with Crippen molar-refractivity contribution in [3.05, 3.63) is 12.7 Å². The van der Waals surface area contributed by atoms with Crippen LogP contribution in [-0.4, -0.2) is 41.8 Å². The predicted molar refractivity (Wildman–Crippen MR) is 61.8 cm³/mol. The third-order valence-corrected chi connectivity index (χ3v) is 5.13. The number of hydrogen-bond donors (Lipinski definition) is 0. The number of ether oxygens (including phenoxy) is 1. The van der Waals surface area contributed by atoms with Crippen LogP contribution in [0, 0.1) is 0 Å². The van der Waals surface area contributed by atoms with E-state index in [0.717, 1.165) is 12.5 Å². The molecule has 0 radical (unpaired) electrons. The summed E-state index contributed by atoms with van der Waals surface area (Å²) >= 11 is 0. The first-order valence-electron chi connectivity index (χ1n) is 5.08. The number of hydrogen-bond acceptors (Lipinski definition) is 5. The largest absolute Gasteiger partial charge is 0.543 e. The minimum atomic E-state index is -2.94. The van der Waals surface area contributed by atoms with E-state index in [1.165, 1.54) is 21.3 Å². The summed E-state index contributed by atoms with van der Waals surface area (Å²) in [5.41, 5.74) is -0.497. The third kappa shape index (κ3) is 3.71. The molecule has 0 spiro atoms. The lowest BCUT2D eigenvalue weighted by atomic mass is 10.3. The van der Waals surface area contributed by atoms with Crippen LogP contribution in [0.25, 0.3) is 0 Å². The maximum atomic E-state index is 11.2. The Morgan fingerprint density at radius 2 is 1.81 bits per heavy atom. The Bertz CT molecular complexity index is 219. The zero-order chi connectivity index (χ0) is 12.6. The summed E-state index contributed by atoms with van der Waals surface area (Å²) in [5.74, 6) is -0.499. The Hall–Kier alpha value is -0.693. The van der Waals surface area contributed by atoms with Gasteiger partial charge < -0.3 is 18.0 Å². The number of carbonyl (C=O) groups excluding carboxylic acids is 1. The molecule has 0 aromatic rings. The van der Waals surface area contributed by atoms with Gasteiger partial charge in [-0.15, -0.1) is 0 Å². The Kier molecular flexibility index (Phi) is 7.23. The third-order valence-electron chi connectivity index (χ3n) is 2.22. The van der Waals surface area contributed by atoms with Gasteiger partial charge in [-0.2, -0.15) is 0 Å². The molecule has 5 nitrogen and oxygen atoms in total. The van der Waals surface area contributed by atoms with E-state index in [9.17, 15) is 4.79 Å². The molecule has 0 fully saturated rings. The highest BCUT2D eigenvalue weighted by Gasteiger charge is 2.49. The standard InChI is InChI=1S/C10H20O5Si/c1-6-8-10(15-9(11)7-2)16(12-3,13-4)14-5/h7,10H,2,6,8H2,1,3-5H3. The predicted octanol–water partition coefficient (Wildman–Crippen LogP) is 1.30. The molecule has 0 N–H and O–H groups in total. The molecule has 0 saturated heterocycles. The fourth-order valence-corrected chi connectivity index (χ4v) is 3.59. The van der Waals surface area contributed by atoms with Crippen molar-refractivity contribution in [3.8, 4) is 0 Å². The summed E-state index contributed by atoms with van der Waals surface area (Å²) < 4.78 is 21.0. The highest BCUT2D eigenvalue weighted by Crippen LogP contribution is 2.19. The molecule has 0 aliphatic carbocycles. The van der Waals surface area contributed by atoms with Crippen LogP contribution in [0.1, 0.15) is 19.8 Å². The van der Waals surface area contributed by atoms with Gasteiger partial charge in [0.15, 0.2) is 5.73 Å². The highest BCUT2D eigenvalue weighted by molar-refractivity contribution is 6.62. The summed E-state index contributed by atoms with van der Waals surface area (Å²) in [5, 5.41) is 0. The molecule has 0 amide bonds. The van der Waals surface area contributed by atoms with Crippen LogP contribution in [0.5, 0.6) is 0 Å². The molecule has 0 aliphatic rings. The average molecular weight is 248 g/mol. The Labute approximate surface area is 97.7 Å². The van der Waals surface area contributed by atoms with Crippen molar-refractivity contribution in [2.45, 2.75) is 25.5 Å². The summed E-state index contributed by atoms with van der Waals surface area (Å²) in [6.45, 7) is 5.33. The fourth-order valence-electron chi connectivity index (χ4n) is 1.40. The summed E-state index contributed by atoms with van der Waals surface area (Å²) in [4.78, 5) is 11.2. The quantitative estimate of drug-likeness (QED) is 0.368. The Morgan fingerprint density at radius 1 is 1.31 bits per heavy atom. The molecule has 0 aliphatic heterocycles. The lowest BCUT2D eigenvalue weighted by Crippen LogP contribution is -2.56. The van der Waals surface area contributed by atoms with Crippen molar-refractivity contribution < 1.29 is 22.8 Å². The molecule has 0 rings (SSSR count). The minimum Gasteiger partial charge on any atom is -0.455 e. The van der Waals surface area contributed by atoms with Crippen molar-refractivity contribution in [1.29, 1.82) is 0 Å². The molecule has 0 aromatic heterocycles. The van der Waals surface area contributed by atoms with Gasteiger partial charge in [0.05, 0.1) is 0 Å². The zero-order valence-corrected chi connectivity index (χ0v) is 11.3. The van der Waals surface area contributed by atoms with Gasteiger partial charge in [-0.3, -0.25) is 0 Å². The van der Waals surface area contributed by atoms with Gasteiger partial charge >= 0.3 is 14.8 Å². The minimum absolute atomic E-state index is 0.497. The average Bonchev–Trinajstić information content (AvgIpc) is 2.32. The molecule has 16 heavy (non-hydrogen) atoms. The lowest BCUT2D eigenvalue weighted by Gasteiger charge is -2.31. The van der Waals surface area contributed by atoms with E-state index in [4.69, 9.17) is 18.0 Å². The van der Waals surface area contributed by atoms with Crippen molar-refractivity contribution in [2.75, 3.05) is 21.3 Å². The first kappa shape index (κ1) is 15.3. The normalized spacial score (nSPS) is 13.2. The maximum absolute atomic E-state index is 11.2. The van der Waals surface area contributed by atoms with E-state index < -0.39 is 20.5 Å². The van der Waals surface area contributed by atoms with E-state index in [1.54, 1.807) is 0 Å². The summed E-state index contributed by atoms with van der Waals surface area (Å²) in [6, 6.07) is 0. The van der Waals surface area contributed by atoms with Crippen LogP contribution in [0.4, 0.5) is 0 Å². The number of carbonyl (C=O) groups is 1. The van der Waals surface area contributed by atoms with Gasteiger partial charge in [0.1, 0.15) is 0 Å². The number of rotatable bonds is 8. The second kappa shape index (κ2) is 7.56. The van der Waals surface area contributed by atoms with E-state index >= 15 is 0 Å². The topological polar surface area (TPSA) is 54.0 Å². The van der Waals surface area contributed by atoms with E-state index in [0.29, 0.717) is 6.42 Å². The first-order chi connectivity index (χ1) is 7.60. The second-order valence-corrected chi connectivity index (χ2v) is 6.21. The highest BCUT2D eigenvalue weighted by atomic mass is 28.4. The molecule has 1 atom stereocenters. The molecule has 0 aromatic carbocycles. The molecule has 0 heterocycles. The summed E-state index contributed by atoms with van der Waals surface area (Å²) in [6.07, 6.45) is 2.57. The van der Waals surface area contributed by atoms with Gasteiger partial charge in [0.2, 0.25) is 0 Å². The molecule has 94 valence electrons. The lowest BCUT2D eigenvalue weighted by molar-refractivity contribution is -0.142. The van der Waals surface area contributed by atoms with Crippen LogP contribution >= 0.6 is 0 Å². The van der Waals surface area contributed by atoms with Gasteiger partial charge in [0.25, 0.3) is 0 Å². The molecule has 0 bridgehead atoms. The van der Waals surface area contributed by atoms with Crippen LogP contribution in [0.2, 0.25) is 0 Å². The van der Waals surface area contributed by atoms with Gasteiger partial charge in [0, 0.05) is 27.4 Å². The molecular weight excluding hydrogens is 228 g/mol. The van der Waals surface area contributed by atoms with Crippen LogP contribution in [0.15, 0.2) is 12.7 Å². The fraction of sp³-hybridized carbons (Fsp3) is 0.700. The van der Waals surface area contributed by atoms with Crippen LogP contribution in [0.3, 0.4) is 0 Å². The van der Waals surface area contributed by atoms with Gasteiger partial charge in [-0.05, 0) is 6.42 Å². The van der Waals surface area contributed by atoms with Gasteiger partial charge in [-0.25, -0.2) is 4.79 Å². The van der Waals surface area contributed by atoms with E-state index in [1.807, 2.05) is 6.92 Å².